The first-order valence-corrected chi connectivity index (χ1v) is 6.61. The highest BCUT2D eigenvalue weighted by molar-refractivity contribution is 5.82. The second-order valence-corrected chi connectivity index (χ2v) is 4.74. The Bertz CT molecular complexity index is 476. The largest absolute Gasteiger partial charge is 0.508 e. The van der Waals surface area contributed by atoms with E-state index in [4.69, 9.17) is 0 Å². The Balaban J connectivity index is 2.63. The SMILES string of the molecule is CNCCN(C)C(=O)NC(Cc1ccc(O)cc1)C(=O)O. The number of nitrogens with zero attached hydrogens (tertiary/aromatic N) is 1. The molecule has 0 heterocycles. The zero-order valence-corrected chi connectivity index (χ0v) is 12.2. The number of phenolic OH excluding ortho intramolecular Hbond substituents is 1. The molecule has 7 nitrogen and oxygen atoms in total. The van der Waals surface area contributed by atoms with Crippen molar-refractivity contribution in [1.29, 1.82) is 0 Å². The molecule has 21 heavy (non-hydrogen) atoms. The summed E-state index contributed by atoms with van der Waals surface area (Å²) in [4.78, 5) is 24.6. The maximum absolute atomic E-state index is 11.9. The molecule has 0 fully saturated rings. The van der Waals surface area contributed by atoms with Crippen LogP contribution in [-0.2, 0) is 11.2 Å². The number of carboxylic acids is 1. The van der Waals surface area contributed by atoms with Gasteiger partial charge in [0.1, 0.15) is 11.8 Å². The van der Waals surface area contributed by atoms with Crippen molar-refractivity contribution in [3.8, 4) is 5.75 Å². The van der Waals surface area contributed by atoms with Crippen LogP contribution in [0.5, 0.6) is 5.75 Å². The lowest BCUT2D eigenvalue weighted by atomic mass is 10.1. The van der Waals surface area contributed by atoms with Crippen molar-refractivity contribution >= 4 is 12.0 Å². The smallest absolute Gasteiger partial charge is 0.326 e. The molecule has 0 saturated heterocycles. The van der Waals surface area contributed by atoms with Crippen LogP contribution in [-0.4, -0.2) is 60.3 Å². The van der Waals surface area contributed by atoms with Crippen LogP contribution >= 0.6 is 0 Å². The number of aromatic hydroxyl groups is 1. The predicted molar refractivity (Wildman–Crippen MR) is 78.3 cm³/mol. The molecule has 0 aliphatic carbocycles. The lowest BCUT2D eigenvalue weighted by Gasteiger charge is -2.21. The molecule has 0 bridgehead atoms. The first kappa shape index (κ1) is 16.8. The summed E-state index contributed by atoms with van der Waals surface area (Å²) in [5, 5.41) is 23.8. The first-order chi connectivity index (χ1) is 9.93. The van der Waals surface area contributed by atoms with Crippen molar-refractivity contribution in [2.45, 2.75) is 12.5 Å². The molecule has 0 radical (unpaired) electrons. The molecule has 1 unspecified atom stereocenters. The summed E-state index contributed by atoms with van der Waals surface area (Å²) in [6, 6.07) is 4.77. The van der Waals surface area contributed by atoms with E-state index in [1.807, 2.05) is 0 Å². The zero-order valence-electron chi connectivity index (χ0n) is 12.2. The maximum Gasteiger partial charge on any atom is 0.326 e. The van der Waals surface area contributed by atoms with Gasteiger partial charge < -0.3 is 25.7 Å². The van der Waals surface area contributed by atoms with Gasteiger partial charge in [-0.05, 0) is 24.7 Å². The van der Waals surface area contributed by atoms with Crippen molar-refractivity contribution in [2.24, 2.45) is 0 Å². The number of amides is 2. The Kier molecular flexibility index (Phi) is 6.48. The molecule has 0 saturated carbocycles. The van der Waals surface area contributed by atoms with Crippen molar-refractivity contribution in [2.75, 3.05) is 27.2 Å². The van der Waals surface area contributed by atoms with Gasteiger partial charge in [0.2, 0.25) is 0 Å². The molecule has 0 aliphatic heterocycles. The number of rotatable bonds is 7. The number of aliphatic carboxylic acids is 1. The molecular formula is C14H21N3O4. The van der Waals surface area contributed by atoms with Gasteiger partial charge >= 0.3 is 12.0 Å². The number of carbonyl (C=O) groups is 2. The fraction of sp³-hybridized carbons (Fsp3) is 0.429. The van der Waals surface area contributed by atoms with Crippen LogP contribution in [0.1, 0.15) is 5.56 Å². The Morgan fingerprint density at radius 3 is 2.43 bits per heavy atom. The van der Waals surface area contributed by atoms with E-state index < -0.39 is 18.0 Å². The molecule has 2 amide bonds. The van der Waals surface area contributed by atoms with E-state index in [1.54, 1.807) is 26.2 Å². The van der Waals surface area contributed by atoms with Crippen LogP contribution in [0.25, 0.3) is 0 Å². The van der Waals surface area contributed by atoms with Crippen molar-refractivity contribution in [3.05, 3.63) is 29.8 Å². The van der Waals surface area contributed by atoms with Gasteiger partial charge in [0.25, 0.3) is 0 Å². The third kappa shape index (κ3) is 5.70. The average molecular weight is 295 g/mol. The normalized spacial score (nSPS) is 11.7. The molecule has 0 aromatic heterocycles. The van der Waals surface area contributed by atoms with Crippen molar-refractivity contribution in [1.82, 2.24) is 15.5 Å². The van der Waals surface area contributed by atoms with Gasteiger partial charge in [-0.2, -0.15) is 0 Å². The van der Waals surface area contributed by atoms with Crippen molar-refractivity contribution in [3.63, 3.8) is 0 Å². The summed E-state index contributed by atoms with van der Waals surface area (Å²) >= 11 is 0. The van der Waals surface area contributed by atoms with Crippen LogP contribution < -0.4 is 10.6 Å². The molecule has 4 N–H and O–H groups in total. The maximum atomic E-state index is 11.9. The van der Waals surface area contributed by atoms with Gasteiger partial charge in [-0.25, -0.2) is 9.59 Å². The third-order valence-corrected chi connectivity index (χ3v) is 3.02. The number of carbonyl (C=O) groups excluding carboxylic acids is 1. The second-order valence-electron chi connectivity index (χ2n) is 4.74. The standard InChI is InChI=1S/C14H21N3O4/c1-15-7-8-17(2)14(21)16-12(13(19)20)9-10-3-5-11(18)6-4-10/h3-6,12,15,18H,7-9H2,1-2H3,(H,16,21)(H,19,20). The first-order valence-electron chi connectivity index (χ1n) is 6.61. The van der Waals surface area contributed by atoms with Crippen LogP contribution in [0.15, 0.2) is 24.3 Å². The summed E-state index contributed by atoms with van der Waals surface area (Å²) < 4.78 is 0. The van der Waals surface area contributed by atoms with Crippen LogP contribution in [0.3, 0.4) is 0 Å². The van der Waals surface area contributed by atoms with Gasteiger partial charge in [0.15, 0.2) is 0 Å². The summed E-state index contributed by atoms with van der Waals surface area (Å²) in [5.74, 6) is -0.986. The molecule has 7 heteroatoms. The molecule has 1 rings (SSSR count). The number of hydrogen-bond acceptors (Lipinski definition) is 4. The highest BCUT2D eigenvalue weighted by Crippen LogP contribution is 2.11. The number of phenols is 1. The second kappa shape index (κ2) is 8.11. The predicted octanol–water partition coefficient (Wildman–Crippen LogP) is 0.249. The summed E-state index contributed by atoms with van der Waals surface area (Å²) in [7, 11) is 3.38. The van der Waals surface area contributed by atoms with Crippen LogP contribution in [0.2, 0.25) is 0 Å². The summed E-state index contributed by atoms with van der Waals surface area (Å²) in [6.45, 7) is 1.10. The van der Waals surface area contributed by atoms with Gasteiger partial charge in [0.05, 0.1) is 0 Å². The fourth-order valence-electron chi connectivity index (χ4n) is 1.71. The van der Waals surface area contributed by atoms with Gasteiger partial charge in [-0.3, -0.25) is 0 Å². The van der Waals surface area contributed by atoms with E-state index >= 15 is 0 Å². The summed E-state index contributed by atoms with van der Waals surface area (Å²) in [5.41, 5.74) is 0.721. The molecule has 0 spiro atoms. The van der Waals surface area contributed by atoms with Gasteiger partial charge in [0, 0.05) is 26.6 Å². The van der Waals surface area contributed by atoms with E-state index in [-0.39, 0.29) is 12.2 Å². The van der Waals surface area contributed by atoms with E-state index in [2.05, 4.69) is 10.6 Å². The number of likely N-dealkylation sites (N-methyl/N-ethyl adjacent to an activating group) is 2. The number of hydrogen-bond donors (Lipinski definition) is 4. The highest BCUT2D eigenvalue weighted by atomic mass is 16.4. The minimum Gasteiger partial charge on any atom is -0.508 e. The van der Waals surface area contributed by atoms with E-state index in [9.17, 15) is 19.8 Å². The number of urea groups is 1. The Hall–Kier alpha value is -2.28. The Morgan fingerprint density at radius 2 is 1.90 bits per heavy atom. The monoisotopic (exact) mass is 295 g/mol. The lowest BCUT2D eigenvalue weighted by molar-refractivity contribution is -0.139. The highest BCUT2D eigenvalue weighted by Gasteiger charge is 2.22. The van der Waals surface area contributed by atoms with E-state index in [0.717, 1.165) is 5.56 Å². The Morgan fingerprint density at radius 1 is 1.29 bits per heavy atom. The third-order valence-electron chi connectivity index (χ3n) is 3.02. The van der Waals surface area contributed by atoms with Gasteiger partial charge in [-0.15, -0.1) is 0 Å². The van der Waals surface area contributed by atoms with Crippen LogP contribution in [0, 0.1) is 0 Å². The molecule has 0 aliphatic rings. The molecule has 1 aromatic rings. The molecule has 1 atom stereocenters. The van der Waals surface area contributed by atoms with E-state index in [0.29, 0.717) is 13.1 Å². The molecule has 116 valence electrons. The Labute approximate surface area is 123 Å². The molecule has 1 aromatic carbocycles. The van der Waals surface area contributed by atoms with Crippen LogP contribution in [0.4, 0.5) is 4.79 Å². The topological polar surface area (TPSA) is 102 Å². The minimum atomic E-state index is -1.10. The van der Waals surface area contributed by atoms with Gasteiger partial charge in [-0.1, -0.05) is 12.1 Å². The number of benzene rings is 1. The quantitative estimate of drug-likeness (QED) is 0.577. The minimum absolute atomic E-state index is 0.112. The zero-order chi connectivity index (χ0) is 15.8. The number of nitrogens with one attached hydrogen (secondary N) is 2. The number of carboxylic acid groups (broad SMARTS) is 1. The lowest BCUT2D eigenvalue weighted by Crippen LogP contribution is -2.48. The van der Waals surface area contributed by atoms with E-state index in [1.165, 1.54) is 17.0 Å². The summed E-state index contributed by atoms with van der Waals surface area (Å²) in [6.07, 6.45) is 0.154. The average Bonchev–Trinajstić information content (AvgIpc) is 2.45. The molecular weight excluding hydrogens is 274 g/mol. The van der Waals surface area contributed by atoms with Crippen molar-refractivity contribution < 1.29 is 19.8 Å². The fourth-order valence-corrected chi connectivity index (χ4v) is 1.71.